The molecule has 4 nitrogen and oxygen atoms in total. The maximum atomic E-state index is 13.8. The summed E-state index contributed by atoms with van der Waals surface area (Å²) < 4.78 is 47.8. The normalized spacial score (nSPS) is 15.6. The number of aromatic nitrogens is 1. The number of carbonyl (C=O) groups excluding carboxylic acids is 1. The van der Waals surface area contributed by atoms with Gasteiger partial charge in [-0.3, -0.25) is 4.79 Å². The number of rotatable bonds is 3. The summed E-state index contributed by atoms with van der Waals surface area (Å²) in [5.74, 6) is 0.0540. The van der Waals surface area contributed by atoms with Crippen LogP contribution in [-0.4, -0.2) is 28.3 Å². The molecule has 0 radical (unpaired) electrons. The standard InChI is InChI=1S/C23H18ClF3N2O2S/c24-21-17(22(30)28-6-3-14(4-7-28)20-2-1-9-32-20)11-19-18(23(25,26)27)10-16(12-29(19)21)15-5-8-31-13-15/h1-2,5,8-14H,3-4,6-7H2. The van der Waals surface area contributed by atoms with Gasteiger partial charge in [0.05, 0.1) is 29.2 Å². The van der Waals surface area contributed by atoms with Gasteiger partial charge in [-0.1, -0.05) is 17.7 Å². The highest BCUT2D eigenvalue weighted by Gasteiger charge is 2.36. The van der Waals surface area contributed by atoms with Crippen LogP contribution >= 0.6 is 22.9 Å². The summed E-state index contributed by atoms with van der Waals surface area (Å²) in [5, 5.41) is 2.01. The highest BCUT2D eigenvalue weighted by molar-refractivity contribution is 7.10. The van der Waals surface area contributed by atoms with Crippen molar-refractivity contribution in [3.8, 4) is 11.1 Å². The summed E-state index contributed by atoms with van der Waals surface area (Å²) in [6, 6.07) is 7.98. The Labute approximate surface area is 190 Å². The van der Waals surface area contributed by atoms with Gasteiger partial charge in [-0.2, -0.15) is 13.2 Å². The summed E-state index contributed by atoms with van der Waals surface area (Å²) in [7, 11) is 0. The van der Waals surface area contributed by atoms with Crippen LogP contribution in [0.1, 0.15) is 39.6 Å². The third-order valence-corrected chi connectivity index (χ3v) is 7.36. The fourth-order valence-corrected chi connectivity index (χ4v) is 5.44. The van der Waals surface area contributed by atoms with Crippen LogP contribution in [0.2, 0.25) is 5.15 Å². The first-order valence-electron chi connectivity index (χ1n) is 10.1. The number of amides is 1. The summed E-state index contributed by atoms with van der Waals surface area (Å²) in [5.41, 5.74) is -0.131. The van der Waals surface area contributed by atoms with Gasteiger partial charge < -0.3 is 13.7 Å². The van der Waals surface area contributed by atoms with Crippen molar-refractivity contribution in [1.29, 1.82) is 0 Å². The predicted molar refractivity (Wildman–Crippen MR) is 117 cm³/mol. The number of likely N-dealkylation sites (tertiary alicyclic amines) is 1. The Bertz CT molecular complexity index is 1250. The number of furan rings is 1. The summed E-state index contributed by atoms with van der Waals surface area (Å²) in [6.45, 7) is 1.08. The van der Waals surface area contributed by atoms with E-state index in [0.29, 0.717) is 30.1 Å². The minimum Gasteiger partial charge on any atom is -0.472 e. The lowest BCUT2D eigenvalue weighted by Crippen LogP contribution is -2.37. The maximum absolute atomic E-state index is 13.8. The van der Waals surface area contributed by atoms with Crippen LogP contribution in [0.3, 0.4) is 0 Å². The molecular formula is C23H18ClF3N2O2S. The Balaban J connectivity index is 1.49. The first kappa shape index (κ1) is 21.2. The lowest BCUT2D eigenvalue weighted by atomic mass is 9.95. The van der Waals surface area contributed by atoms with Crippen molar-refractivity contribution in [1.82, 2.24) is 9.30 Å². The second kappa shape index (κ2) is 8.01. The van der Waals surface area contributed by atoms with E-state index in [2.05, 4.69) is 6.07 Å². The van der Waals surface area contributed by atoms with Crippen molar-refractivity contribution in [2.24, 2.45) is 0 Å². The number of thiophene rings is 1. The summed E-state index contributed by atoms with van der Waals surface area (Å²) >= 11 is 8.17. The molecule has 9 heteroatoms. The van der Waals surface area contributed by atoms with Gasteiger partial charge in [-0.15, -0.1) is 11.3 Å². The zero-order valence-electron chi connectivity index (χ0n) is 16.7. The lowest BCUT2D eigenvalue weighted by Gasteiger charge is -2.31. The molecule has 0 atom stereocenters. The monoisotopic (exact) mass is 478 g/mol. The van der Waals surface area contributed by atoms with Crippen molar-refractivity contribution in [2.45, 2.75) is 24.9 Å². The van der Waals surface area contributed by atoms with E-state index in [1.807, 2.05) is 11.4 Å². The molecule has 0 spiro atoms. The number of alkyl halides is 3. The largest absolute Gasteiger partial charge is 0.472 e. The Morgan fingerprint density at radius 1 is 1.16 bits per heavy atom. The number of hydrogen-bond acceptors (Lipinski definition) is 3. The van der Waals surface area contributed by atoms with Crippen LogP contribution in [0, 0.1) is 0 Å². The van der Waals surface area contributed by atoms with Gasteiger partial charge in [0.15, 0.2) is 0 Å². The van der Waals surface area contributed by atoms with Gasteiger partial charge in [-0.25, -0.2) is 0 Å². The smallest absolute Gasteiger partial charge is 0.418 e. The number of carbonyl (C=O) groups is 1. The average Bonchev–Trinajstić information content (AvgIpc) is 3.54. The molecule has 0 bridgehead atoms. The lowest BCUT2D eigenvalue weighted by molar-refractivity contribution is -0.136. The molecule has 0 N–H and O–H groups in total. The molecule has 1 saturated heterocycles. The third kappa shape index (κ3) is 3.71. The highest BCUT2D eigenvalue weighted by atomic mass is 35.5. The van der Waals surface area contributed by atoms with Crippen LogP contribution in [0.4, 0.5) is 13.2 Å². The quantitative estimate of drug-likeness (QED) is 0.319. The Morgan fingerprint density at radius 3 is 2.56 bits per heavy atom. The maximum Gasteiger partial charge on any atom is 0.418 e. The fourth-order valence-electron chi connectivity index (χ4n) is 4.27. The molecule has 5 rings (SSSR count). The van der Waals surface area contributed by atoms with Gasteiger partial charge >= 0.3 is 6.18 Å². The van der Waals surface area contributed by atoms with Gasteiger partial charge in [0, 0.05) is 35.3 Å². The number of halogens is 4. The highest BCUT2D eigenvalue weighted by Crippen LogP contribution is 2.39. The molecule has 1 amide bonds. The van der Waals surface area contributed by atoms with Crippen LogP contribution in [0.15, 0.2) is 58.9 Å². The van der Waals surface area contributed by atoms with Gasteiger partial charge in [0.2, 0.25) is 0 Å². The Hall–Kier alpha value is -2.71. The van der Waals surface area contributed by atoms with Crippen molar-refractivity contribution >= 4 is 34.4 Å². The van der Waals surface area contributed by atoms with Crippen LogP contribution in [0.5, 0.6) is 0 Å². The van der Waals surface area contributed by atoms with E-state index in [4.69, 9.17) is 16.0 Å². The van der Waals surface area contributed by atoms with Crippen molar-refractivity contribution in [3.05, 3.63) is 75.6 Å². The SMILES string of the molecule is O=C(c1cc2c(C(F)(F)F)cc(-c3ccoc3)cn2c1Cl)N1CCC(c2cccs2)CC1. The topological polar surface area (TPSA) is 37.9 Å². The first-order valence-corrected chi connectivity index (χ1v) is 11.4. The first-order chi connectivity index (χ1) is 15.3. The molecule has 0 saturated carbocycles. The van der Waals surface area contributed by atoms with Crippen LogP contribution in [-0.2, 0) is 6.18 Å². The number of piperidine rings is 1. The van der Waals surface area contributed by atoms with Crippen LogP contribution < -0.4 is 0 Å². The molecule has 0 aliphatic carbocycles. The molecule has 0 unspecified atom stereocenters. The molecule has 1 aliphatic rings. The fraction of sp³-hybridized carbons (Fsp3) is 0.261. The molecule has 4 aromatic heterocycles. The van der Waals surface area contributed by atoms with Crippen molar-refractivity contribution < 1.29 is 22.4 Å². The second-order valence-corrected chi connectivity index (χ2v) is 9.18. The predicted octanol–water partition coefficient (Wildman–Crippen LogP) is 6.95. The van der Waals surface area contributed by atoms with E-state index >= 15 is 0 Å². The molecule has 1 fully saturated rings. The van der Waals surface area contributed by atoms with Gasteiger partial charge in [0.1, 0.15) is 5.15 Å². The second-order valence-electron chi connectivity index (χ2n) is 7.84. The van der Waals surface area contributed by atoms with Gasteiger partial charge in [0.25, 0.3) is 5.91 Å². The minimum absolute atomic E-state index is 0.0266. The summed E-state index contributed by atoms with van der Waals surface area (Å²) in [4.78, 5) is 16.2. The third-order valence-electron chi connectivity index (χ3n) is 5.94. The molecule has 4 aromatic rings. The number of hydrogen-bond donors (Lipinski definition) is 0. The molecular weight excluding hydrogens is 461 g/mol. The average molecular weight is 479 g/mol. The molecule has 32 heavy (non-hydrogen) atoms. The van der Waals surface area contributed by atoms with Crippen molar-refractivity contribution in [2.75, 3.05) is 13.1 Å². The van der Waals surface area contributed by atoms with Gasteiger partial charge in [-0.05, 0) is 48.4 Å². The van der Waals surface area contributed by atoms with Crippen LogP contribution in [0.25, 0.3) is 16.6 Å². The minimum atomic E-state index is -4.61. The van der Waals surface area contributed by atoms with Crippen molar-refractivity contribution in [3.63, 3.8) is 0 Å². The molecule has 1 aliphatic heterocycles. The molecule has 166 valence electrons. The zero-order chi connectivity index (χ0) is 22.5. The van der Waals surface area contributed by atoms with E-state index < -0.39 is 11.7 Å². The van der Waals surface area contributed by atoms with E-state index in [1.165, 1.54) is 34.1 Å². The number of fused-ring (bicyclic) bond motifs is 1. The number of nitrogens with zero attached hydrogens (tertiary/aromatic N) is 2. The Morgan fingerprint density at radius 2 is 1.94 bits per heavy atom. The summed E-state index contributed by atoms with van der Waals surface area (Å²) in [6.07, 6.45) is 1.27. The molecule has 0 aromatic carbocycles. The van der Waals surface area contributed by atoms with E-state index in [-0.39, 0.29) is 22.1 Å². The Kier molecular flexibility index (Phi) is 5.29. The number of pyridine rings is 1. The van der Waals surface area contributed by atoms with E-state index in [1.54, 1.807) is 22.3 Å². The van der Waals surface area contributed by atoms with E-state index in [0.717, 1.165) is 18.9 Å². The van der Waals surface area contributed by atoms with E-state index in [9.17, 15) is 18.0 Å². The molecule has 5 heterocycles. The zero-order valence-corrected chi connectivity index (χ0v) is 18.3.